The van der Waals surface area contributed by atoms with Gasteiger partial charge in [-0.15, -0.1) is 0 Å². The third kappa shape index (κ3) is 6.77. The minimum atomic E-state index is -0.985. The van der Waals surface area contributed by atoms with Gasteiger partial charge in [-0.05, 0) is 61.6 Å². The average Bonchev–Trinajstić information content (AvgIpc) is 3.27. The molecule has 1 aliphatic rings. The third-order valence-corrected chi connectivity index (χ3v) is 6.47. The summed E-state index contributed by atoms with van der Waals surface area (Å²) in [6.07, 6.45) is 1.99. The minimum absolute atomic E-state index is 0.220. The number of nitrogens with one attached hydrogen (secondary N) is 2. The summed E-state index contributed by atoms with van der Waals surface area (Å²) in [5, 5.41) is 25.0. The number of esters is 1. The fourth-order valence-corrected chi connectivity index (χ4v) is 4.50. The molecule has 0 aliphatic carbocycles. The van der Waals surface area contributed by atoms with E-state index in [9.17, 15) is 24.8 Å². The molecule has 0 fully saturated rings. The van der Waals surface area contributed by atoms with E-state index >= 15 is 0 Å². The van der Waals surface area contributed by atoms with Gasteiger partial charge in [0.25, 0.3) is 0 Å². The third-order valence-electron chi connectivity index (χ3n) is 6.47. The molecular weight excluding hydrogens is 482 g/mol. The van der Waals surface area contributed by atoms with E-state index in [4.69, 9.17) is 4.74 Å². The molecule has 0 spiro atoms. The zero-order valence-electron chi connectivity index (χ0n) is 21.1. The topological polar surface area (TPSA) is 129 Å². The van der Waals surface area contributed by atoms with Gasteiger partial charge in [-0.3, -0.25) is 4.79 Å². The zero-order chi connectivity index (χ0) is 27.1. The number of fused-ring (bicyclic) bond motifs is 1. The summed E-state index contributed by atoms with van der Waals surface area (Å²) in [5.41, 5.74) is 5.01. The van der Waals surface area contributed by atoms with Gasteiger partial charge in [0, 0.05) is 17.7 Å². The maximum Gasteiger partial charge on any atom is 0.338 e. The fourth-order valence-electron chi connectivity index (χ4n) is 4.50. The smallest absolute Gasteiger partial charge is 0.338 e. The predicted octanol–water partition coefficient (Wildman–Crippen LogP) is 4.42. The molecule has 194 valence electrons. The molecule has 3 aromatic carbocycles. The molecule has 1 amide bonds. The zero-order valence-corrected chi connectivity index (χ0v) is 21.1. The van der Waals surface area contributed by atoms with Crippen LogP contribution in [0.5, 0.6) is 0 Å². The van der Waals surface area contributed by atoms with Crippen molar-refractivity contribution < 1.29 is 24.2 Å². The summed E-state index contributed by atoms with van der Waals surface area (Å²) in [4.78, 5) is 36.6. The number of anilines is 1. The van der Waals surface area contributed by atoms with Crippen LogP contribution < -0.4 is 10.6 Å². The highest BCUT2D eigenvalue weighted by Gasteiger charge is 2.25. The van der Waals surface area contributed by atoms with E-state index in [1.54, 1.807) is 18.2 Å². The van der Waals surface area contributed by atoms with Crippen molar-refractivity contribution >= 4 is 23.5 Å². The van der Waals surface area contributed by atoms with Crippen molar-refractivity contribution in [1.82, 2.24) is 5.32 Å². The molecule has 0 bridgehead atoms. The lowest BCUT2D eigenvalue weighted by atomic mass is 10.0. The van der Waals surface area contributed by atoms with E-state index in [0.29, 0.717) is 36.9 Å². The highest BCUT2D eigenvalue weighted by Crippen LogP contribution is 2.24. The summed E-state index contributed by atoms with van der Waals surface area (Å²) in [6, 6.07) is 20.7. The first-order valence-corrected chi connectivity index (χ1v) is 12.5. The summed E-state index contributed by atoms with van der Waals surface area (Å²) in [7, 11) is 0. The number of carboxylic acids is 1. The van der Waals surface area contributed by atoms with Crippen molar-refractivity contribution in [2.75, 3.05) is 5.32 Å². The quantitative estimate of drug-likeness (QED) is 0.325. The number of rotatable bonds is 11. The Morgan fingerprint density at radius 2 is 1.87 bits per heavy atom. The van der Waals surface area contributed by atoms with Crippen molar-refractivity contribution in [2.24, 2.45) is 0 Å². The molecule has 38 heavy (non-hydrogen) atoms. The van der Waals surface area contributed by atoms with Crippen LogP contribution >= 0.6 is 0 Å². The number of nitrogens with zero attached hydrogens (tertiary/aromatic N) is 1. The molecule has 3 N–H and O–H groups in total. The van der Waals surface area contributed by atoms with Crippen LogP contribution in [-0.4, -0.2) is 35.0 Å². The maximum atomic E-state index is 13.4. The SMILES string of the molecule is Cc1cccc(C[C@H](Nc2ccc3c(c2)C(=O)OC3)C(=O)N[C@H](C#N)CCCc2cccc(C(=O)O)c2)c1. The van der Waals surface area contributed by atoms with Crippen LogP contribution in [0, 0.1) is 18.3 Å². The van der Waals surface area contributed by atoms with Gasteiger partial charge in [0.05, 0.1) is 17.2 Å². The van der Waals surface area contributed by atoms with Crippen molar-refractivity contribution in [3.05, 3.63) is 100 Å². The Morgan fingerprint density at radius 1 is 1.08 bits per heavy atom. The monoisotopic (exact) mass is 511 g/mol. The van der Waals surface area contributed by atoms with E-state index < -0.39 is 18.1 Å². The number of ether oxygens (including phenoxy) is 1. The Kier molecular flexibility index (Phi) is 8.39. The second-order valence-corrected chi connectivity index (χ2v) is 9.43. The molecule has 0 aromatic heterocycles. The Bertz CT molecular complexity index is 1390. The first kappa shape index (κ1) is 26.4. The summed E-state index contributed by atoms with van der Waals surface area (Å²) >= 11 is 0. The van der Waals surface area contributed by atoms with E-state index in [-0.39, 0.29) is 24.0 Å². The van der Waals surface area contributed by atoms with Crippen LogP contribution in [-0.2, 0) is 29.0 Å². The fraction of sp³-hybridized carbons (Fsp3) is 0.267. The molecule has 8 heteroatoms. The number of carbonyl (C=O) groups excluding carboxylic acids is 2. The van der Waals surface area contributed by atoms with Gasteiger partial charge in [0.15, 0.2) is 0 Å². The molecule has 4 rings (SSSR count). The second kappa shape index (κ2) is 12.1. The molecule has 2 atom stereocenters. The summed E-state index contributed by atoms with van der Waals surface area (Å²) in [6.45, 7) is 2.22. The van der Waals surface area contributed by atoms with Crippen LogP contribution in [0.1, 0.15) is 55.8 Å². The highest BCUT2D eigenvalue weighted by molar-refractivity contribution is 5.95. The van der Waals surface area contributed by atoms with Crippen molar-refractivity contribution in [1.29, 1.82) is 5.26 Å². The molecule has 1 aliphatic heterocycles. The van der Waals surface area contributed by atoms with Crippen LogP contribution in [0.3, 0.4) is 0 Å². The molecule has 0 unspecified atom stereocenters. The lowest BCUT2D eigenvalue weighted by Gasteiger charge is -2.22. The van der Waals surface area contributed by atoms with Gasteiger partial charge in [0.2, 0.25) is 5.91 Å². The van der Waals surface area contributed by atoms with E-state index in [1.165, 1.54) is 6.07 Å². The molecule has 8 nitrogen and oxygen atoms in total. The molecule has 3 aromatic rings. The van der Waals surface area contributed by atoms with Crippen LogP contribution in [0.15, 0.2) is 66.7 Å². The second-order valence-electron chi connectivity index (χ2n) is 9.43. The number of carboxylic acid groups (broad SMARTS) is 1. The van der Waals surface area contributed by atoms with Gasteiger partial charge in [-0.2, -0.15) is 5.26 Å². The first-order valence-electron chi connectivity index (χ1n) is 12.5. The van der Waals surface area contributed by atoms with E-state index in [2.05, 4.69) is 16.7 Å². The highest BCUT2D eigenvalue weighted by atomic mass is 16.5. The number of hydrogen-bond acceptors (Lipinski definition) is 6. The van der Waals surface area contributed by atoms with Gasteiger partial charge >= 0.3 is 11.9 Å². The number of nitriles is 1. The van der Waals surface area contributed by atoms with Crippen molar-refractivity contribution in [2.45, 2.75) is 51.3 Å². The number of cyclic esters (lactones) is 1. The molecular formula is C30H29N3O5. The van der Waals surface area contributed by atoms with Crippen molar-refractivity contribution in [3.63, 3.8) is 0 Å². The summed E-state index contributed by atoms with van der Waals surface area (Å²) in [5.74, 6) is -1.70. The van der Waals surface area contributed by atoms with E-state index in [1.807, 2.05) is 49.4 Å². The molecule has 0 radical (unpaired) electrons. The standard InChI is InChI=1S/C30H29N3O5/c1-19-5-2-8-21(13-19)15-27(32-24-12-11-23-18-38-30(37)26(23)16-24)28(34)33-25(17-31)10-4-7-20-6-3-9-22(14-20)29(35)36/h2-3,5-6,8-9,11-14,16,25,27,32H,4,7,10,15,18H2,1H3,(H,33,34)(H,35,36)/t25-,27-/m0/s1. The first-order chi connectivity index (χ1) is 18.3. The number of hydrogen-bond donors (Lipinski definition) is 3. The molecule has 0 saturated carbocycles. The average molecular weight is 512 g/mol. The Balaban J connectivity index is 1.43. The molecule has 0 saturated heterocycles. The Morgan fingerprint density at radius 3 is 2.63 bits per heavy atom. The van der Waals surface area contributed by atoms with Gasteiger partial charge < -0.3 is 20.5 Å². The summed E-state index contributed by atoms with van der Waals surface area (Å²) < 4.78 is 5.08. The normalized spacial score (nSPS) is 13.5. The largest absolute Gasteiger partial charge is 0.478 e. The predicted molar refractivity (Wildman–Crippen MR) is 142 cm³/mol. The van der Waals surface area contributed by atoms with Crippen molar-refractivity contribution in [3.8, 4) is 6.07 Å². The van der Waals surface area contributed by atoms with Crippen LogP contribution in [0.4, 0.5) is 5.69 Å². The van der Waals surface area contributed by atoms with Gasteiger partial charge in [-0.1, -0.05) is 48.0 Å². The number of aromatic carboxylic acids is 1. The van der Waals surface area contributed by atoms with Gasteiger partial charge in [-0.25, -0.2) is 9.59 Å². The lowest BCUT2D eigenvalue weighted by Crippen LogP contribution is -2.45. The number of benzene rings is 3. The van der Waals surface area contributed by atoms with E-state index in [0.717, 1.165) is 22.3 Å². The number of amides is 1. The molecule has 1 heterocycles. The van der Waals surface area contributed by atoms with Crippen LogP contribution in [0.25, 0.3) is 0 Å². The van der Waals surface area contributed by atoms with Crippen LogP contribution in [0.2, 0.25) is 0 Å². The van der Waals surface area contributed by atoms with Gasteiger partial charge in [0.1, 0.15) is 18.7 Å². The maximum absolute atomic E-state index is 13.4. The number of aryl methyl sites for hydroxylation is 2. The lowest BCUT2D eigenvalue weighted by molar-refractivity contribution is -0.122. The number of carbonyl (C=O) groups is 3. The Hall–Kier alpha value is -4.64. The minimum Gasteiger partial charge on any atom is -0.478 e. The Labute approximate surface area is 221 Å².